The van der Waals surface area contributed by atoms with Crippen LogP contribution in [-0.2, 0) is 13.2 Å². The maximum atomic E-state index is 9.09. The summed E-state index contributed by atoms with van der Waals surface area (Å²) in [5, 5.41) is 12.9. The molecule has 2 bridgehead atoms. The van der Waals surface area contributed by atoms with Crippen molar-refractivity contribution in [3.8, 4) is 0 Å². The first kappa shape index (κ1) is 14.1. The van der Waals surface area contributed by atoms with Crippen molar-refractivity contribution in [2.24, 2.45) is 16.7 Å². The zero-order chi connectivity index (χ0) is 14.4. The van der Waals surface area contributed by atoms with Gasteiger partial charge in [-0.15, -0.1) is 0 Å². The molecule has 1 aromatic rings. The molecule has 2 heteroatoms. The van der Waals surface area contributed by atoms with Crippen molar-refractivity contribution >= 4 is 0 Å². The van der Waals surface area contributed by atoms with Crippen molar-refractivity contribution in [2.75, 3.05) is 0 Å². The average molecular weight is 273 g/mol. The Morgan fingerprint density at radius 3 is 2.35 bits per heavy atom. The summed E-state index contributed by atoms with van der Waals surface area (Å²) in [6, 6.07) is 8.91. The van der Waals surface area contributed by atoms with E-state index in [2.05, 4.69) is 38.2 Å². The van der Waals surface area contributed by atoms with Gasteiger partial charge in [-0.1, -0.05) is 45.0 Å². The van der Waals surface area contributed by atoms with Crippen LogP contribution < -0.4 is 5.32 Å². The third-order valence-electron chi connectivity index (χ3n) is 5.99. The van der Waals surface area contributed by atoms with Gasteiger partial charge in [-0.3, -0.25) is 0 Å². The number of nitrogens with one attached hydrogen (secondary N) is 1. The quantitative estimate of drug-likeness (QED) is 0.880. The molecule has 0 radical (unpaired) electrons. The zero-order valence-corrected chi connectivity index (χ0v) is 12.9. The molecular formula is C18H27NO. The Balaban J connectivity index is 1.68. The van der Waals surface area contributed by atoms with Crippen molar-refractivity contribution in [3.63, 3.8) is 0 Å². The van der Waals surface area contributed by atoms with Crippen LogP contribution in [0.1, 0.15) is 51.2 Å². The summed E-state index contributed by atoms with van der Waals surface area (Å²) in [7, 11) is 0. The van der Waals surface area contributed by atoms with E-state index >= 15 is 0 Å². The van der Waals surface area contributed by atoms with E-state index < -0.39 is 0 Å². The predicted octanol–water partition coefficient (Wildman–Crippen LogP) is 3.48. The van der Waals surface area contributed by atoms with E-state index in [0.29, 0.717) is 16.9 Å². The number of hydrogen-bond acceptors (Lipinski definition) is 2. The molecule has 0 spiro atoms. The van der Waals surface area contributed by atoms with Crippen molar-refractivity contribution in [1.82, 2.24) is 5.32 Å². The van der Waals surface area contributed by atoms with Gasteiger partial charge in [-0.25, -0.2) is 0 Å². The van der Waals surface area contributed by atoms with Gasteiger partial charge in [0.25, 0.3) is 0 Å². The van der Waals surface area contributed by atoms with Crippen molar-refractivity contribution in [1.29, 1.82) is 0 Å². The van der Waals surface area contributed by atoms with E-state index in [4.69, 9.17) is 5.11 Å². The standard InChI is InChI=1S/C18H27NO/c1-17(2)15-8-9-18(3,10-15)16(17)19-11-13-4-6-14(12-20)7-5-13/h4-7,15-16,19-20H,8-12H2,1-3H3. The number of rotatable bonds is 4. The number of benzene rings is 1. The molecule has 3 rings (SSSR count). The molecule has 3 unspecified atom stereocenters. The van der Waals surface area contributed by atoms with E-state index in [1.54, 1.807) is 0 Å². The lowest BCUT2D eigenvalue weighted by Gasteiger charge is -2.43. The maximum absolute atomic E-state index is 9.09. The summed E-state index contributed by atoms with van der Waals surface area (Å²) in [5.74, 6) is 0.891. The van der Waals surface area contributed by atoms with E-state index in [1.165, 1.54) is 24.8 Å². The first-order valence-electron chi connectivity index (χ1n) is 7.88. The molecule has 2 saturated carbocycles. The number of aliphatic hydroxyl groups excluding tert-OH is 1. The Morgan fingerprint density at radius 1 is 1.15 bits per heavy atom. The van der Waals surface area contributed by atoms with Crippen molar-refractivity contribution < 1.29 is 5.11 Å². The molecule has 0 amide bonds. The molecular weight excluding hydrogens is 246 g/mol. The lowest BCUT2D eigenvalue weighted by Crippen LogP contribution is -2.49. The monoisotopic (exact) mass is 273 g/mol. The smallest absolute Gasteiger partial charge is 0.0681 e. The SMILES string of the molecule is CC12CCC(C1)C(C)(C)C2NCc1ccc(CO)cc1. The van der Waals surface area contributed by atoms with E-state index in [0.717, 1.165) is 18.0 Å². The van der Waals surface area contributed by atoms with Crippen LogP contribution in [0, 0.1) is 16.7 Å². The third-order valence-corrected chi connectivity index (χ3v) is 5.99. The van der Waals surface area contributed by atoms with Gasteiger partial charge in [-0.2, -0.15) is 0 Å². The van der Waals surface area contributed by atoms with Crippen LogP contribution in [0.3, 0.4) is 0 Å². The summed E-state index contributed by atoms with van der Waals surface area (Å²) in [6.45, 7) is 8.41. The first-order valence-corrected chi connectivity index (χ1v) is 7.88. The van der Waals surface area contributed by atoms with Gasteiger partial charge in [0.05, 0.1) is 6.61 Å². The summed E-state index contributed by atoms with van der Waals surface area (Å²) in [5.41, 5.74) is 3.20. The summed E-state index contributed by atoms with van der Waals surface area (Å²) in [6.07, 6.45) is 4.18. The molecule has 2 N–H and O–H groups in total. The van der Waals surface area contributed by atoms with Gasteiger partial charge in [0.1, 0.15) is 0 Å². The molecule has 2 nitrogen and oxygen atoms in total. The second kappa shape index (κ2) is 4.85. The lowest BCUT2D eigenvalue weighted by molar-refractivity contribution is 0.108. The highest BCUT2D eigenvalue weighted by molar-refractivity contribution is 5.22. The Labute approximate surface area is 122 Å². The molecule has 0 saturated heterocycles. The molecule has 0 heterocycles. The second-order valence-corrected chi connectivity index (χ2v) is 7.70. The third kappa shape index (κ3) is 2.19. The van der Waals surface area contributed by atoms with Crippen molar-refractivity contribution in [3.05, 3.63) is 35.4 Å². The first-order chi connectivity index (χ1) is 9.45. The Bertz CT molecular complexity index is 474. The van der Waals surface area contributed by atoms with Crippen LogP contribution in [0.4, 0.5) is 0 Å². The van der Waals surface area contributed by atoms with Crippen LogP contribution in [0.15, 0.2) is 24.3 Å². The highest BCUT2D eigenvalue weighted by atomic mass is 16.3. The minimum absolute atomic E-state index is 0.128. The van der Waals surface area contributed by atoms with E-state index in [9.17, 15) is 0 Å². The van der Waals surface area contributed by atoms with Crippen molar-refractivity contribution in [2.45, 2.75) is 59.2 Å². The van der Waals surface area contributed by atoms with Gasteiger partial charge in [-0.05, 0) is 47.1 Å². The van der Waals surface area contributed by atoms with Gasteiger partial charge < -0.3 is 10.4 Å². The van der Waals surface area contributed by atoms with Gasteiger partial charge in [0.15, 0.2) is 0 Å². The fourth-order valence-corrected chi connectivity index (χ4v) is 4.79. The highest BCUT2D eigenvalue weighted by Gasteiger charge is 2.58. The fraction of sp³-hybridized carbons (Fsp3) is 0.667. The molecule has 0 aliphatic heterocycles. The minimum atomic E-state index is 0.128. The van der Waals surface area contributed by atoms with Gasteiger partial charge in [0, 0.05) is 12.6 Å². The van der Waals surface area contributed by atoms with Crippen LogP contribution >= 0.6 is 0 Å². The zero-order valence-electron chi connectivity index (χ0n) is 12.9. The molecule has 3 atom stereocenters. The van der Waals surface area contributed by atoms with Crippen LogP contribution in [0.2, 0.25) is 0 Å². The predicted molar refractivity (Wildman–Crippen MR) is 82.2 cm³/mol. The number of hydrogen-bond donors (Lipinski definition) is 2. The van der Waals surface area contributed by atoms with Crippen LogP contribution in [-0.4, -0.2) is 11.1 Å². The van der Waals surface area contributed by atoms with Crippen LogP contribution in [0.25, 0.3) is 0 Å². The molecule has 20 heavy (non-hydrogen) atoms. The second-order valence-electron chi connectivity index (χ2n) is 7.70. The lowest BCUT2D eigenvalue weighted by atomic mass is 9.68. The van der Waals surface area contributed by atoms with Gasteiger partial charge in [0.2, 0.25) is 0 Å². The summed E-state index contributed by atoms with van der Waals surface area (Å²) < 4.78 is 0. The Morgan fingerprint density at radius 2 is 1.80 bits per heavy atom. The Hall–Kier alpha value is -0.860. The molecule has 110 valence electrons. The average Bonchev–Trinajstić information content (AvgIpc) is 2.90. The topological polar surface area (TPSA) is 32.3 Å². The van der Waals surface area contributed by atoms with E-state index in [-0.39, 0.29) is 6.61 Å². The largest absolute Gasteiger partial charge is 0.392 e. The molecule has 2 fully saturated rings. The maximum Gasteiger partial charge on any atom is 0.0681 e. The van der Waals surface area contributed by atoms with E-state index in [1.807, 2.05) is 12.1 Å². The van der Waals surface area contributed by atoms with Crippen LogP contribution in [0.5, 0.6) is 0 Å². The van der Waals surface area contributed by atoms with Gasteiger partial charge >= 0.3 is 0 Å². The number of fused-ring (bicyclic) bond motifs is 2. The molecule has 0 aromatic heterocycles. The Kier molecular flexibility index (Phi) is 3.42. The highest BCUT2D eigenvalue weighted by Crippen LogP contribution is 2.62. The fourth-order valence-electron chi connectivity index (χ4n) is 4.79. The minimum Gasteiger partial charge on any atom is -0.392 e. The number of aliphatic hydroxyl groups is 1. The molecule has 2 aliphatic rings. The molecule has 2 aliphatic carbocycles. The normalized spacial score (nSPS) is 34.6. The summed E-state index contributed by atoms with van der Waals surface area (Å²) >= 11 is 0. The summed E-state index contributed by atoms with van der Waals surface area (Å²) in [4.78, 5) is 0. The molecule has 1 aromatic carbocycles.